The van der Waals surface area contributed by atoms with Gasteiger partial charge in [0.05, 0.1) is 5.54 Å². The van der Waals surface area contributed by atoms with E-state index in [9.17, 15) is 14.7 Å². The van der Waals surface area contributed by atoms with Gasteiger partial charge in [0.1, 0.15) is 11.6 Å². The molecule has 0 saturated heterocycles. The van der Waals surface area contributed by atoms with E-state index in [1.807, 2.05) is 37.3 Å². The van der Waals surface area contributed by atoms with Gasteiger partial charge in [-0.05, 0) is 47.1 Å². The van der Waals surface area contributed by atoms with Gasteiger partial charge >= 0.3 is 12.1 Å². The lowest BCUT2D eigenvalue weighted by Crippen LogP contribution is -2.61. The Bertz CT molecular complexity index is 564. The average molecular weight is 336 g/mol. The highest BCUT2D eigenvalue weighted by atomic mass is 16.6. The van der Waals surface area contributed by atoms with Crippen LogP contribution >= 0.6 is 0 Å². The molecule has 0 aliphatic heterocycles. The first-order valence-electron chi connectivity index (χ1n) is 7.97. The van der Waals surface area contributed by atoms with E-state index < -0.39 is 29.2 Å². The van der Waals surface area contributed by atoms with Crippen LogP contribution in [0.1, 0.15) is 53.1 Å². The number of rotatable bonds is 6. The van der Waals surface area contributed by atoms with Crippen LogP contribution in [0.25, 0.3) is 0 Å². The van der Waals surface area contributed by atoms with Crippen molar-refractivity contribution in [1.82, 2.24) is 10.6 Å². The number of ether oxygens (including phenoxy) is 1. The third kappa shape index (κ3) is 6.20. The first-order chi connectivity index (χ1) is 10.9. The molecule has 6 heteroatoms. The molecule has 134 valence electrons. The van der Waals surface area contributed by atoms with Crippen molar-refractivity contribution in [2.24, 2.45) is 0 Å². The number of benzene rings is 1. The average Bonchev–Trinajstić information content (AvgIpc) is 2.42. The molecule has 0 aromatic heterocycles. The lowest BCUT2D eigenvalue weighted by atomic mass is 9.93. The summed E-state index contributed by atoms with van der Waals surface area (Å²) in [5.74, 6) is -1.04. The van der Waals surface area contributed by atoms with E-state index in [0.717, 1.165) is 5.56 Å². The SMILES string of the molecule is C[C@H](N[C@H](C(=O)O)C(C)(C)NC(=O)OC(C)(C)C)c1ccccc1. The van der Waals surface area contributed by atoms with Crippen molar-refractivity contribution in [1.29, 1.82) is 0 Å². The van der Waals surface area contributed by atoms with Crippen LogP contribution in [-0.4, -0.2) is 34.4 Å². The molecule has 0 aliphatic carbocycles. The maximum absolute atomic E-state index is 12.0. The molecule has 3 N–H and O–H groups in total. The van der Waals surface area contributed by atoms with Crippen LogP contribution in [0.5, 0.6) is 0 Å². The van der Waals surface area contributed by atoms with E-state index in [-0.39, 0.29) is 6.04 Å². The third-order valence-electron chi connectivity index (χ3n) is 3.51. The second kappa shape index (κ2) is 7.66. The molecule has 1 amide bonds. The van der Waals surface area contributed by atoms with Gasteiger partial charge in [0.25, 0.3) is 0 Å². The summed E-state index contributed by atoms with van der Waals surface area (Å²) < 4.78 is 5.22. The van der Waals surface area contributed by atoms with E-state index >= 15 is 0 Å². The maximum atomic E-state index is 12.0. The van der Waals surface area contributed by atoms with Gasteiger partial charge in [0.15, 0.2) is 0 Å². The Balaban J connectivity index is 2.85. The van der Waals surface area contributed by atoms with Gasteiger partial charge in [-0.1, -0.05) is 30.3 Å². The smallest absolute Gasteiger partial charge is 0.408 e. The van der Waals surface area contributed by atoms with Crippen LogP contribution in [0.3, 0.4) is 0 Å². The predicted octanol–water partition coefficient (Wildman–Crippen LogP) is 3.09. The molecular weight excluding hydrogens is 308 g/mol. The van der Waals surface area contributed by atoms with Crippen LogP contribution in [-0.2, 0) is 9.53 Å². The minimum atomic E-state index is -1.04. The van der Waals surface area contributed by atoms with Gasteiger partial charge in [-0.3, -0.25) is 10.1 Å². The summed E-state index contributed by atoms with van der Waals surface area (Å²) in [6, 6.07) is 8.36. The standard InChI is InChI=1S/C18H28N2O4/c1-12(13-10-8-7-9-11-13)19-14(15(21)22)18(5,6)20-16(23)24-17(2,3)4/h7-12,14,19H,1-6H3,(H,20,23)(H,21,22)/t12-,14+/m0/s1. The number of carbonyl (C=O) groups excluding carboxylic acids is 1. The monoisotopic (exact) mass is 336 g/mol. The number of alkyl carbamates (subject to hydrolysis) is 1. The van der Waals surface area contributed by atoms with Crippen molar-refractivity contribution >= 4 is 12.1 Å². The van der Waals surface area contributed by atoms with Crippen molar-refractivity contribution < 1.29 is 19.4 Å². The Morgan fingerprint density at radius 1 is 1.08 bits per heavy atom. The van der Waals surface area contributed by atoms with Gasteiger partial charge in [-0.2, -0.15) is 0 Å². The summed E-state index contributed by atoms with van der Waals surface area (Å²) >= 11 is 0. The molecule has 0 heterocycles. The summed E-state index contributed by atoms with van der Waals surface area (Å²) in [7, 11) is 0. The fraction of sp³-hybridized carbons (Fsp3) is 0.556. The Labute approximate surface area is 143 Å². The Hall–Kier alpha value is -2.08. The predicted molar refractivity (Wildman–Crippen MR) is 92.9 cm³/mol. The number of carboxylic acid groups (broad SMARTS) is 1. The lowest BCUT2D eigenvalue weighted by Gasteiger charge is -2.35. The van der Waals surface area contributed by atoms with Gasteiger partial charge < -0.3 is 15.2 Å². The topological polar surface area (TPSA) is 87.7 Å². The number of carbonyl (C=O) groups is 2. The Morgan fingerprint density at radius 3 is 2.08 bits per heavy atom. The number of nitrogens with one attached hydrogen (secondary N) is 2. The molecule has 1 aromatic carbocycles. The molecule has 0 aliphatic rings. The fourth-order valence-corrected chi connectivity index (χ4v) is 2.32. The highest BCUT2D eigenvalue weighted by Crippen LogP contribution is 2.18. The molecule has 0 unspecified atom stereocenters. The van der Waals surface area contributed by atoms with Crippen molar-refractivity contribution in [2.75, 3.05) is 0 Å². The normalized spacial score (nSPS) is 14.6. The van der Waals surface area contributed by atoms with Crippen molar-refractivity contribution in [2.45, 2.75) is 64.8 Å². The fourth-order valence-electron chi connectivity index (χ4n) is 2.32. The van der Waals surface area contributed by atoms with Crippen molar-refractivity contribution in [3.8, 4) is 0 Å². The zero-order valence-electron chi connectivity index (χ0n) is 15.2. The lowest BCUT2D eigenvalue weighted by molar-refractivity contribution is -0.141. The van der Waals surface area contributed by atoms with Gasteiger partial charge in [-0.25, -0.2) is 4.79 Å². The molecule has 0 saturated carbocycles. The molecule has 1 rings (SSSR count). The number of hydrogen-bond donors (Lipinski definition) is 3. The molecule has 0 radical (unpaired) electrons. The first-order valence-corrected chi connectivity index (χ1v) is 7.97. The molecule has 6 nitrogen and oxygen atoms in total. The van der Waals surface area contributed by atoms with Crippen molar-refractivity contribution in [3.05, 3.63) is 35.9 Å². The summed E-state index contributed by atoms with van der Waals surface area (Å²) in [5, 5.41) is 15.3. The van der Waals surface area contributed by atoms with Crippen LogP contribution < -0.4 is 10.6 Å². The maximum Gasteiger partial charge on any atom is 0.408 e. The quantitative estimate of drug-likeness (QED) is 0.743. The minimum Gasteiger partial charge on any atom is -0.480 e. The van der Waals surface area contributed by atoms with Crippen LogP contribution in [0.4, 0.5) is 4.79 Å². The van der Waals surface area contributed by atoms with Gasteiger partial charge in [0.2, 0.25) is 0 Å². The first kappa shape index (κ1) is 20.0. The van der Waals surface area contributed by atoms with Gasteiger partial charge in [-0.15, -0.1) is 0 Å². The minimum absolute atomic E-state index is 0.188. The summed E-state index contributed by atoms with van der Waals surface area (Å²) in [6.07, 6.45) is -0.645. The van der Waals surface area contributed by atoms with E-state index in [4.69, 9.17) is 4.74 Å². The van der Waals surface area contributed by atoms with Crippen LogP contribution in [0, 0.1) is 0 Å². The molecule has 2 atom stereocenters. The summed E-state index contributed by atoms with van der Waals surface area (Å²) in [6.45, 7) is 10.5. The molecule has 24 heavy (non-hydrogen) atoms. The van der Waals surface area contributed by atoms with Crippen LogP contribution in [0.2, 0.25) is 0 Å². The van der Waals surface area contributed by atoms with Crippen molar-refractivity contribution in [3.63, 3.8) is 0 Å². The van der Waals surface area contributed by atoms with E-state index in [0.29, 0.717) is 0 Å². The van der Waals surface area contributed by atoms with E-state index in [1.165, 1.54) is 0 Å². The van der Waals surface area contributed by atoms with E-state index in [2.05, 4.69) is 10.6 Å². The van der Waals surface area contributed by atoms with Gasteiger partial charge in [0, 0.05) is 6.04 Å². The second-order valence-electron chi connectivity index (χ2n) is 7.42. The molecule has 0 spiro atoms. The van der Waals surface area contributed by atoms with E-state index in [1.54, 1.807) is 34.6 Å². The summed E-state index contributed by atoms with van der Waals surface area (Å²) in [4.78, 5) is 23.7. The zero-order valence-corrected chi connectivity index (χ0v) is 15.2. The third-order valence-corrected chi connectivity index (χ3v) is 3.51. The highest BCUT2D eigenvalue weighted by Gasteiger charge is 2.38. The molecule has 0 fully saturated rings. The highest BCUT2D eigenvalue weighted by molar-refractivity contribution is 5.77. The largest absolute Gasteiger partial charge is 0.480 e. The molecule has 0 bridgehead atoms. The number of hydrogen-bond acceptors (Lipinski definition) is 4. The zero-order chi connectivity index (χ0) is 18.5. The van der Waals surface area contributed by atoms with Crippen LogP contribution in [0.15, 0.2) is 30.3 Å². The Morgan fingerprint density at radius 2 is 1.62 bits per heavy atom. The second-order valence-corrected chi connectivity index (χ2v) is 7.42. The molecular formula is C18H28N2O4. The molecule has 1 aromatic rings. The Kier molecular flexibility index (Phi) is 6.37. The number of aliphatic carboxylic acids is 1. The summed E-state index contributed by atoms with van der Waals surface area (Å²) in [5.41, 5.74) is -0.724. The number of amides is 1. The number of carboxylic acids is 1.